The molecule has 0 heterocycles. The first-order valence-corrected chi connectivity index (χ1v) is 8.80. The first-order chi connectivity index (χ1) is 13.7. The van der Waals surface area contributed by atoms with E-state index in [1.807, 2.05) is 0 Å². The van der Waals surface area contributed by atoms with E-state index in [2.05, 4.69) is 5.32 Å². The van der Waals surface area contributed by atoms with Gasteiger partial charge in [-0.3, -0.25) is 14.9 Å². The van der Waals surface area contributed by atoms with Gasteiger partial charge in [0.1, 0.15) is 5.56 Å². The molecule has 0 aliphatic carbocycles. The Kier molecular flexibility index (Phi) is 7.24. The number of carbonyl (C=O) groups is 2. The second kappa shape index (κ2) is 9.44. The monoisotopic (exact) mass is 442 g/mol. The minimum atomic E-state index is -1.27. The van der Waals surface area contributed by atoms with Crippen LogP contribution in [0.2, 0.25) is 10.0 Å². The van der Waals surface area contributed by atoms with Gasteiger partial charge in [0.25, 0.3) is 11.6 Å². The number of anilines is 1. The largest absolute Gasteiger partial charge is 0.493 e. The van der Waals surface area contributed by atoms with E-state index in [1.165, 1.54) is 39.3 Å². The average molecular weight is 443 g/mol. The number of nitro groups is 1. The van der Waals surface area contributed by atoms with Gasteiger partial charge in [0.2, 0.25) is 0 Å². The summed E-state index contributed by atoms with van der Waals surface area (Å²) in [6.45, 7) is 1.31. The average Bonchev–Trinajstić information content (AvgIpc) is 2.65. The number of nitrogens with zero attached hydrogens (tertiary/aromatic N) is 1. The molecule has 1 atom stereocenters. The van der Waals surface area contributed by atoms with E-state index in [9.17, 15) is 19.7 Å². The third kappa shape index (κ3) is 5.49. The molecule has 29 heavy (non-hydrogen) atoms. The highest BCUT2D eigenvalue weighted by molar-refractivity contribution is 6.35. The second-order valence-electron chi connectivity index (χ2n) is 5.68. The molecular formula is C18H16Cl2N2O7. The summed E-state index contributed by atoms with van der Waals surface area (Å²) >= 11 is 11.7. The van der Waals surface area contributed by atoms with Crippen molar-refractivity contribution in [2.45, 2.75) is 13.0 Å². The molecule has 0 fully saturated rings. The van der Waals surface area contributed by atoms with E-state index in [1.54, 1.807) is 0 Å². The van der Waals surface area contributed by atoms with Crippen LogP contribution in [-0.2, 0) is 9.53 Å². The van der Waals surface area contributed by atoms with Crippen LogP contribution >= 0.6 is 23.2 Å². The van der Waals surface area contributed by atoms with Gasteiger partial charge in [-0.05, 0) is 25.1 Å². The molecule has 9 nitrogen and oxygen atoms in total. The van der Waals surface area contributed by atoms with E-state index in [0.717, 1.165) is 12.1 Å². The summed E-state index contributed by atoms with van der Waals surface area (Å²) in [7, 11) is 2.61. The van der Waals surface area contributed by atoms with Gasteiger partial charge < -0.3 is 19.5 Å². The summed E-state index contributed by atoms with van der Waals surface area (Å²) in [6, 6.07) is 6.55. The highest BCUT2D eigenvalue weighted by atomic mass is 35.5. The molecule has 2 rings (SSSR count). The number of ether oxygens (including phenoxy) is 3. The second-order valence-corrected chi connectivity index (χ2v) is 6.55. The number of amides is 1. The Balaban J connectivity index is 2.22. The van der Waals surface area contributed by atoms with Crippen molar-refractivity contribution in [2.75, 3.05) is 19.5 Å². The summed E-state index contributed by atoms with van der Waals surface area (Å²) in [4.78, 5) is 35.3. The SMILES string of the molecule is COc1cc(C(=O)OC(C)C(=O)Nc2cc(Cl)cc(Cl)c2)c([N+](=O)[O-])cc1OC. The minimum Gasteiger partial charge on any atom is -0.493 e. The number of hydrogen-bond donors (Lipinski definition) is 1. The summed E-state index contributed by atoms with van der Waals surface area (Å²) < 4.78 is 15.1. The number of benzene rings is 2. The van der Waals surface area contributed by atoms with Crippen molar-refractivity contribution < 1.29 is 28.7 Å². The van der Waals surface area contributed by atoms with Crippen LogP contribution < -0.4 is 14.8 Å². The van der Waals surface area contributed by atoms with Crippen LogP contribution in [0.3, 0.4) is 0 Å². The molecule has 2 aromatic rings. The van der Waals surface area contributed by atoms with Crippen LogP contribution in [0.15, 0.2) is 30.3 Å². The van der Waals surface area contributed by atoms with Crippen molar-refractivity contribution in [3.05, 3.63) is 56.1 Å². The molecule has 1 amide bonds. The molecule has 0 aliphatic heterocycles. The van der Waals surface area contributed by atoms with Gasteiger partial charge >= 0.3 is 5.97 Å². The highest BCUT2D eigenvalue weighted by Crippen LogP contribution is 2.35. The molecule has 0 saturated carbocycles. The van der Waals surface area contributed by atoms with E-state index in [4.69, 9.17) is 37.4 Å². The fraction of sp³-hybridized carbons (Fsp3) is 0.222. The zero-order chi connectivity index (χ0) is 21.7. The lowest BCUT2D eigenvalue weighted by Crippen LogP contribution is -2.30. The lowest BCUT2D eigenvalue weighted by Gasteiger charge is -2.15. The van der Waals surface area contributed by atoms with Crippen molar-refractivity contribution >= 4 is 46.5 Å². The van der Waals surface area contributed by atoms with Gasteiger partial charge in [-0.2, -0.15) is 0 Å². The number of methoxy groups -OCH3 is 2. The normalized spacial score (nSPS) is 11.3. The summed E-state index contributed by atoms with van der Waals surface area (Å²) in [5, 5.41) is 14.4. The first-order valence-electron chi connectivity index (χ1n) is 8.04. The number of hydrogen-bond acceptors (Lipinski definition) is 7. The van der Waals surface area contributed by atoms with Crippen LogP contribution in [0.25, 0.3) is 0 Å². The zero-order valence-corrected chi connectivity index (χ0v) is 17.0. The number of rotatable bonds is 7. The lowest BCUT2D eigenvalue weighted by atomic mass is 10.1. The van der Waals surface area contributed by atoms with E-state index in [-0.39, 0.29) is 11.5 Å². The molecule has 0 bridgehead atoms. The van der Waals surface area contributed by atoms with Crippen LogP contribution in [0.1, 0.15) is 17.3 Å². The maximum Gasteiger partial charge on any atom is 0.346 e. The molecule has 1 unspecified atom stereocenters. The third-order valence-electron chi connectivity index (χ3n) is 3.70. The fourth-order valence-corrected chi connectivity index (χ4v) is 2.86. The molecule has 11 heteroatoms. The van der Waals surface area contributed by atoms with Crippen molar-refractivity contribution in [1.29, 1.82) is 0 Å². The molecule has 0 spiro atoms. The number of esters is 1. The Morgan fingerprint density at radius 1 is 1.03 bits per heavy atom. The third-order valence-corrected chi connectivity index (χ3v) is 4.14. The molecule has 154 valence electrons. The van der Waals surface area contributed by atoms with Crippen LogP contribution in [0.4, 0.5) is 11.4 Å². The number of carbonyl (C=O) groups excluding carboxylic acids is 2. The number of halogens is 2. The lowest BCUT2D eigenvalue weighted by molar-refractivity contribution is -0.385. The fourth-order valence-electron chi connectivity index (χ4n) is 2.33. The number of nitrogens with one attached hydrogen (secondary N) is 1. The first kappa shape index (κ1) is 22.3. The smallest absolute Gasteiger partial charge is 0.346 e. The topological polar surface area (TPSA) is 117 Å². The van der Waals surface area contributed by atoms with Crippen molar-refractivity contribution in [3.8, 4) is 11.5 Å². The van der Waals surface area contributed by atoms with Crippen molar-refractivity contribution in [2.24, 2.45) is 0 Å². The Hall–Kier alpha value is -3.04. The maximum atomic E-state index is 12.5. The van der Waals surface area contributed by atoms with Gasteiger partial charge in [-0.1, -0.05) is 23.2 Å². The molecule has 0 saturated heterocycles. The molecular weight excluding hydrogens is 427 g/mol. The molecule has 1 N–H and O–H groups in total. The Morgan fingerprint density at radius 3 is 2.10 bits per heavy atom. The zero-order valence-electron chi connectivity index (χ0n) is 15.5. The van der Waals surface area contributed by atoms with Gasteiger partial charge in [0.15, 0.2) is 17.6 Å². The molecule has 2 aromatic carbocycles. The van der Waals surface area contributed by atoms with Crippen LogP contribution in [0.5, 0.6) is 11.5 Å². The molecule has 0 radical (unpaired) electrons. The van der Waals surface area contributed by atoms with Gasteiger partial charge in [0, 0.05) is 21.8 Å². The summed E-state index contributed by atoms with van der Waals surface area (Å²) in [5.41, 5.74) is -0.646. The van der Waals surface area contributed by atoms with Gasteiger partial charge in [-0.15, -0.1) is 0 Å². The minimum absolute atomic E-state index is 0.0689. The molecule has 0 aliphatic rings. The Bertz CT molecular complexity index is 945. The predicted octanol–water partition coefficient (Wildman–Crippen LogP) is 4.10. The molecule has 0 aromatic heterocycles. The van der Waals surface area contributed by atoms with Crippen molar-refractivity contribution in [1.82, 2.24) is 0 Å². The Morgan fingerprint density at radius 2 is 1.59 bits per heavy atom. The summed E-state index contributed by atoms with van der Waals surface area (Å²) in [6.07, 6.45) is -1.27. The van der Waals surface area contributed by atoms with E-state index < -0.39 is 34.2 Å². The Labute approximate surface area is 175 Å². The number of nitro benzene ring substituents is 1. The van der Waals surface area contributed by atoms with Crippen LogP contribution in [-0.4, -0.2) is 37.1 Å². The van der Waals surface area contributed by atoms with Crippen molar-refractivity contribution in [3.63, 3.8) is 0 Å². The van der Waals surface area contributed by atoms with Gasteiger partial charge in [0.05, 0.1) is 25.2 Å². The standard InChI is InChI=1S/C18H16Cl2N2O7/c1-9(17(23)21-12-5-10(19)4-11(20)6-12)29-18(24)13-7-15(27-2)16(28-3)8-14(13)22(25)26/h4-9H,1-3H3,(H,21,23). The quantitative estimate of drug-likeness (QED) is 0.389. The van der Waals surface area contributed by atoms with Crippen LogP contribution in [0, 0.1) is 10.1 Å². The van der Waals surface area contributed by atoms with Gasteiger partial charge in [-0.25, -0.2) is 4.79 Å². The summed E-state index contributed by atoms with van der Waals surface area (Å²) in [5.74, 6) is -1.60. The predicted molar refractivity (Wildman–Crippen MR) is 106 cm³/mol. The highest BCUT2D eigenvalue weighted by Gasteiger charge is 2.28. The van der Waals surface area contributed by atoms with E-state index >= 15 is 0 Å². The maximum absolute atomic E-state index is 12.5. The van der Waals surface area contributed by atoms with E-state index in [0.29, 0.717) is 15.7 Å².